The lowest BCUT2D eigenvalue weighted by atomic mass is 10.1. The highest BCUT2D eigenvalue weighted by atomic mass is 32.1. The molecule has 2 amide bonds. The molecule has 5 nitrogen and oxygen atoms in total. The van der Waals surface area contributed by atoms with Gasteiger partial charge in [-0.25, -0.2) is 4.98 Å². The van der Waals surface area contributed by atoms with E-state index < -0.39 is 23.6 Å². The lowest BCUT2D eigenvalue weighted by Gasteiger charge is -2.20. The van der Waals surface area contributed by atoms with E-state index in [2.05, 4.69) is 10.3 Å². The first-order valence-electron chi connectivity index (χ1n) is 9.07. The van der Waals surface area contributed by atoms with Gasteiger partial charge in [-0.1, -0.05) is 12.1 Å². The molecule has 0 fully saturated rings. The number of hydrogen-bond acceptors (Lipinski definition) is 5. The largest absolute Gasteiger partial charge is 0.416 e. The van der Waals surface area contributed by atoms with E-state index in [9.17, 15) is 22.8 Å². The van der Waals surface area contributed by atoms with Crippen LogP contribution >= 0.6 is 22.7 Å². The first-order chi connectivity index (χ1) is 14.8. The molecular formula is C21H12F3N3O2S2. The van der Waals surface area contributed by atoms with E-state index in [1.807, 2.05) is 23.6 Å². The highest BCUT2D eigenvalue weighted by Gasteiger charge is 2.34. The highest BCUT2D eigenvalue weighted by Crippen LogP contribution is 2.40. The van der Waals surface area contributed by atoms with Crippen molar-refractivity contribution in [1.29, 1.82) is 0 Å². The van der Waals surface area contributed by atoms with E-state index >= 15 is 0 Å². The number of carbonyl (C=O) groups excluding carboxylic acids is 2. The topological polar surface area (TPSA) is 62.3 Å². The van der Waals surface area contributed by atoms with Gasteiger partial charge in [0.25, 0.3) is 5.91 Å². The van der Waals surface area contributed by atoms with Crippen molar-refractivity contribution < 1.29 is 22.8 Å². The number of rotatable bonds is 2. The fraction of sp³-hybridized carbons (Fsp3) is 0.0952. The Morgan fingerprint density at radius 2 is 1.90 bits per heavy atom. The number of amides is 2. The number of fused-ring (bicyclic) bond motifs is 3. The van der Waals surface area contributed by atoms with E-state index in [0.29, 0.717) is 15.9 Å². The average molecular weight is 459 g/mol. The number of nitrogens with zero attached hydrogens (tertiary/aromatic N) is 2. The molecule has 31 heavy (non-hydrogen) atoms. The Morgan fingerprint density at radius 1 is 1.06 bits per heavy atom. The molecule has 1 aromatic carbocycles. The van der Waals surface area contributed by atoms with E-state index in [-0.39, 0.29) is 17.1 Å². The van der Waals surface area contributed by atoms with Gasteiger partial charge >= 0.3 is 6.18 Å². The predicted octanol–water partition coefficient (Wildman–Crippen LogP) is 5.64. The maximum atomic E-state index is 13.3. The third-order valence-electron chi connectivity index (χ3n) is 4.82. The van der Waals surface area contributed by atoms with E-state index in [0.717, 1.165) is 38.9 Å². The SMILES string of the molecule is O=C1CN(c2cccc(C(F)(F)F)c2)C(=O)c2sc3nc(-c4cccs4)ccc3c2N1. The van der Waals surface area contributed by atoms with Crippen molar-refractivity contribution in [3.8, 4) is 10.6 Å². The van der Waals surface area contributed by atoms with Crippen molar-refractivity contribution >= 4 is 56.1 Å². The third-order valence-corrected chi connectivity index (χ3v) is 6.80. The second kappa shape index (κ2) is 7.17. The molecule has 1 aliphatic heterocycles. The quantitative estimate of drug-likeness (QED) is 0.422. The van der Waals surface area contributed by atoms with Crippen LogP contribution in [0.2, 0.25) is 0 Å². The molecule has 0 saturated carbocycles. The number of aromatic nitrogens is 1. The molecule has 0 spiro atoms. The summed E-state index contributed by atoms with van der Waals surface area (Å²) in [5, 5.41) is 5.27. The normalized spacial score (nSPS) is 14.5. The summed E-state index contributed by atoms with van der Waals surface area (Å²) in [4.78, 5) is 33.2. The van der Waals surface area contributed by atoms with E-state index in [1.54, 1.807) is 6.07 Å². The zero-order valence-electron chi connectivity index (χ0n) is 15.6. The Bertz CT molecular complexity index is 1330. The maximum absolute atomic E-state index is 13.3. The minimum absolute atomic E-state index is 0.00696. The summed E-state index contributed by atoms with van der Waals surface area (Å²) < 4.78 is 39.4. The average Bonchev–Trinajstić information content (AvgIpc) is 3.37. The summed E-state index contributed by atoms with van der Waals surface area (Å²) >= 11 is 2.64. The molecule has 10 heteroatoms. The summed E-state index contributed by atoms with van der Waals surface area (Å²) in [5.74, 6) is -1.04. The highest BCUT2D eigenvalue weighted by molar-refractivity contribution is 7.21. The Morgan fingerprint density at radius 3 is 2.65 bits per heavy atom. The van der Waals surface area contributed by atoms with Gasteiger partial charge in [-0.05, 0) is 41.8 Å². The van der Waals surface area contributed by atoms with Gasteiger partial charge in [0.1, 0.15) is 16.3 Å². The molecule has 0 bridgehead atoms. The fourth-order valence-electron chi connectivity index (χ4n) is 3.39. The smallest absolute Gasteiger partial charge is 0.323 e. The molecular weight excluding hydrogens is 447 g/mol. The van der Waals surface area contributed by atoms with Crippen molar-refractivity contribution in [3.63, 3.8) is 0 Å². The number of carbonyl (C=O) groups is 2. The lowest BCUT2D eigenvalue weighted by Crippen LogP contribution is -2.35. The van der Waals surface area contributed by atoms with Gasteiger partial charge in [0, 0.05) is 11.1 Å². The molecule has 0 unspecified atom stereocenters. The predicted molar refractivity (Wildman–Crippen MR) is 115 cm³/mol. The number of benzene rings is 1. The number of hydrogen-bond donors (Lipinski definition) is 1. The van der Waals surface area contributed by atoms with Crippen LogP contribution in [0.15, 0.2) is 53.9 Å². The first-order valence-corrected chi connectivity index (χ1v) is 10.8. The monoisotopic (exact) mass is 459 g/mol. The summed E-state index contributed by atoms with van der Waals surface area (Å²) in [6.07, 6.45) is -4.56. The van der Waals surface area contributed by atoms with Crippen LogP contribution in [0.4, 0.5) is 24.5 Å². The second-order valence-corrected chi connectivity index (χ2v) is 8.77. The Labute approximate surface area is 181 Å². The van der Waals surface area contributed by atoms with Gasteiger partial charge in [-0.2, -0.15) is 13.2 Å². The van der Waals surface area contributed by atoms with Gasteiger partial charge in [0.2, 0.25) is 5.91 Å². The summed E-state index contributed by atoms with van der Waals surface area (Å²) in [5.41, 5.74) is 0.205. The zero-order chi connectivity index (χ0) is 21.8. The Hall–Kier alpha value is -3.24. The van der Waals surface area contributed by atoms with Crippen LogP contribution in [0.1, 0.15) is 15.2 Å². The van der Waals surface area contributed by atoms with Crippen LogP contribution in [0.5, 0.6) is 0 Å². The molecule has 5 rings (SSSR count). The zero-order valence-corrected chi connectivity index (χ0v) is 17.2. The summed E-state index contributed by atoms with van der Waals surface area (Å²) in [6.45, 7) is -0.385. The first kappa shape index (κ1) is 19.7. The molecule has 4 heterocycles. The van der Waals surface area contributed by atoms with Crippen molar-refractivity contribution in [2.45, 2.75) is 6.18 Å². The molecule has 3 aromatic heterocycles. The van der Waals surface area contributed by atoms with Gasteiger partial charge in [0.15, 0.2) is 0 Å². The summed E-state index contributed by atoms with van der Waals surface area (Å²) in [7, 11) is 0. The number of halogens is 3. The summed E-state index contributed by atoms with van der Waals surface area (Å²) in [6, 6.07) is 11.8. The van der Waals surface area contributed by atoms with Crippen LogP contribution in [-0.2, 0) is 11.0 Å². The molecule has 0 aliphatic carbocycles. The number of alkyl halides is 3. The molecule has 0 atom stereocenters. The van der Waals surface area contributed by atoms with Crippen LogP contribution < -0.4 is 10.2 Å². The Balaban J connectivity index is 1.60. The maximum Gasteiger partial charge on any atom is 0.416 e. The molecule has 4 aromatic rings. The second-order valence-electron chi connectivity index (χ2n) is 6.82. The van der Waals surface area contributed by atoms with Crippen LogP contribution in [0.25, 0.3) is 20.8 Å². The van der Waals surface area contributed by atoms with Gasteiger partial charge in [0.05, 0.1) is 21.8 Å². The van der Waals surface area contributed by atoms with E-state index in [4.69, 9.17) is 0 Å². The number of pyridine rings is 1. The lowest BCUT2D eigenvalue weighted by molar-refractivity contribution is -0.137. The van der Waals surface area contributed by atoms with Crippen LogP contribution in [0.3, 0.4) is 0 Å². The van der Waals surface area contributed by atoms with Crippen LogP contribution in [-0.4, -0.2) is 23.3 Å². The molecule has 1 aliphatic rings. The Kier molecular flexibility index (Phi) is 4.56. The fourth-order valence-corrected chi connectivity index (χ4v) is 5.16. The number of nitrogens with one attached hydrogen (secondary N) is 1. The van der Waals surface area contributed by atoms with Gasteiger partial charge in [-0.3, -0.25) is 14.5 Å². The molecule has 0 radical (unpaired) electrons. The van der Waals surface area contributed by atoms with Crippen molar-refractivity contribution in [3.05, 3.63) is 64.4 Å². The molecule has 1 N–H and O–H groups in total. The molecule has 0 saturated heterocycles. The van der Waals surface area contributed by atoms with Gasteiger partial charge in [-0.15, -0.1) is 22.7 Å². The van der Waals surface area contributed by atoms with Crippen molar-refractivity contribution in [2.75, 3.05) is 16.8 Å². The molecule has 156 valence electrons. The number of anilines is 2. The minimum Gasteiger partial charge on any atom is -0.323 e. The van der Waals surface area contributed by atoms with Crippen molar-refractivity contribution in [1.82, 2.24) is 4.98 Å². The van der Waals surface area contributed by atoms with Crippen LogP contribution in [0, 0.1) is 0 Å². The minimum atomic E-state index is -4.56. The van der Waals surface area contributed by atoms with Crippen molar-refractivity contribution in [2.24, 2.45) is 0 Å². The standard InChI is InChI=1S/C21H12F3N3O2S2/c22-21(23,24)11-3-1-4-12(9-11)27-10-16(28)26-17-13-6-7-14(15-5-2-8-30-15)25-19(13)31-18(17)20(27)29/h1-9H,10H2,(H,26,28). The van der Waals surface area contributed by atoms with Gasteiger partial charge < -0.3 is 5.32 Å². The number of thiophene rings is 2. The third kappa shape index (κ3) is 3.47. The van der Waals surface area contributed by atoms with E-state index in [1.165, 1.54) is 23.5 Å².